The van der Waals surface area contributed by atoms with Crippen molar-refractivity contribution in [2.24, 2.45) is 0 Å². The first kappa shape index (κ1) is 30.4. The molecule has 7 rings (SSSR count). The first-order valence-corrected chi connectivity index (χ1v) is 17.5. The number of aryl methyl sites for hydroxylation is 2. The maximum Gasteiger partial charge on any atom is 0.243 e. The Kier molecular flexibility index (Phi) is 8.24. The van der Waals surface area contributed by atoms with Crippen LogP contribution >= 0.6 is 0 Å². The molecule has 0 saturated carbocycles. The summed E-state index contributed by atoms with van der Waals surface area (Å²) in [5.41, 5.74) is 8.91. The van der Waals surface area contributed by atoms with Crippen molar-refractivity contribution in [2.75, 3.05) is 6.54 Å². The van der Waals surface area contributed by atoms with Crippen molar-refractivity contribution in [3.63, 3.8) is 0 Å². The Morgan fingerprint density at radius 1 is 0.739 bits per heavy atom. The van der Waals surface area contributed by atoms with E-state index in [0.717, 1.165) is 50.9 Å². The Balaban J connectivity index is 1.52. The summed E-state index contributed by atoms with van der Waals surface area (Å²) in [5.74, 6) is 0. The van der Waals surface area contributed by atoms with Gasteiger partial charge in [0, 0.05) is 6.54 Å². The molecule has 4 nitrogen and oxygen atoms in total. The molecule has 5 heteroatoms. The third kappa shape index (κ3) is 5.43. The second-order valence-electron chi connectivity index (χ2n) is 12.5. The highest BCUT2D eigenvalue weighted by Gasteiger charge is 2.56. The minimum absolute atomic E-state index is 0.312. The van der Waals surface area contributed by atoms with E-state index in [0.29, 0.717) is 30.9 Å². The summed E-state index contributed by atoms with van der Waals surface area (Å²) in [4.78, 5) is 0.312. The van der Waals surface area contributed by atoms with Crippen LogP contribution in [0.3, 0.4) is 0 Å². The van der Waals surface area contributed by atoms with Gasteiger partial charge in [0.15, 0.2) is 0 Å². The lowest BCUT2D eigenvalue weighted by molar-refractivity contribution is -0.0718. The van der Waals surface area contributed by atoms with Crippen molar-refractivity contribution in [1.82, 2.24) is 4.31 Å². The Morgan fingerprint density at radius 2 is 1.35 bits per heavy atom. The van der Waals surface area contributed by atoms with E-state index in [-0.39, 0.29) is 0 Å². The lowest BCUT2D eigenvalue weighted by atomic mass is 9.79. The highest BCUT2D eigenvalue weighted by Crippen LogP contribution is 2.57. The van der Waals surface area contributed by atoms with Gasteiger partial charge in [-0.15, -0.1) is 0 Å². The second-order valence-corrected chi connectivity index (χ2v) is 14.4. The number of benzene rings is 5. The molecule has 0 N–H and O–H groups in total. The zero-order valence-electron chi connectivity index (χ0n) is 26.4. The van der Waals surface area contributed by atoms with Crippen molar-refractivity contribution in [1.29, 1.82) is 0 Å². The molecule has 0 aromatic heterocycles. The molecular formula is C41H39NO3S. The van der Waals surface area contributed by atoms with Crippen molar-refractivity contribution in [3.05, 3.63) is 178 Å². The lowest BCUT2D eigenvalue weighted by Crippen LogP contribution is -2.54. The minimum Gasteiger partial charge on any atom is -0.359 e. The van der Waals surface area contributed by atoms with Crippen LogP contribution in [0, 0.1) is 13.8 Å². The fraction of sp³-hybridized carbons (Fsp3) is 0.220. The number of hydrogen-bond donors (Lipinski definition) is 0. The molecule has 1 saturated heterocycles. The maximum absolute atomic E-state index is 14.8. The third-order valence-corrected chi connectivity index (χ3v) is 11.4. The smallest absolute Gasteiger partial charge is 0.243 e. The highest BCUT2D eigenvalue weighted by atomic mass is 32.2. The normalized spacial score (nSPS) is 19.8. The predicted molar refractivity (Wildman–Crippen MR) is 185 cm³/mol. The molecule has 5 aromatic rings. The molecule has 0 spiro atoms. The van der Waals surface area contributed by atoms with E-state index in [1.165, 1.54) is 5.57 Å². The highest BCUT2D eigenvalue weighted by molar-refractivity contribution is 7.89. The van der Waals surface area contributed by atoms with Gasteiger partial charge in [-0.2, -0.15) is 4.31 Å². The van der Waals surface area contributed by atoms with Crippen molar-refractivity contribution < 1.29 is 13.2 Å². The fourth-order valence-corrected chi connectivity index (χ4v) is 9.02. The van der Waals surface area contributed by atoms with E-state index >= 15 is 0 Å². The number of hydrogen-bond acceptors (Lipinski definition) is 3. The van der Waals surface area contributed by atoms with Gasteiger partial charge < -0.3 is 4.74 Å². The summed E-state index contributed by atoms with van der Waals surface area (Å²) in [6.07, 6.45) is 1.91. The molecule has 46 heavy (non-hydrogen) atoms. The van der Waals surface area contributed by atoms with Crippen LogP contribution in [0.4, 0.5) is 0 Å². The minimum atomic E-state index is -3.89. The zero-order valence-corrected chi connectivity index (χ0v) is 27.2. The van der Waals surface area contributed by atoms with Crippen molar-refractivity contribution in [3.8, 4) is 0 Å². The Bertz CT molecular complexity index is 1970. The average Bonchev–Trinajstić information content (AvgIpc) is 3.24. The van der Waals surface area contributed by atoms with Crippen LogP contribution in [0.2, 0.25) is 0 Å². The Hall–Kier alpha value is -4.29. The summed E-state index contributed by atoms with van der Waals surface area (Å²) in [6, 6.07) is 44.3. The van der Waals surface area contributed by atoms with Gasteiger partial charge in [0.2, 0.25) is 10.0 Å². The van der Waals surface area contributed by atoms with Gasteiger partial charge in [-0.1, -0.05) is 132 Å². The van der Waals surface area contributed by atoms with E-state index < -0.39 is 21.7 Å². The predicted octanol–water partition coefficient (Wildman–Crippen LogP) is 8.63. The number of fused-ring (bicyclic) bond motifs is 3. The molecule has 2 atom stereocenters. The van der Waals surface area contributed by atoms with Crippen LogP contribution in [-0.2, 0) is 33.4 Å². The molecule has 0 amide bonds. The monoisotopic (exact) mass is 625 g/mol. The Labute approximate surface area is 273 Å². The molecule has 2 aliphatic rings. The summed E-state index contributed by atoms with van der Waals surface area (Å²) in [6.45, 7) is 4.85. The molecule has 0 radical (unpaired) electrons. The second kappa shape index (κ2) is 12.5. The van der Waals surface area contributed by atoms with Crippen LogP contribution in [-0.4, -0.2) is 25.3 Å². The van der Waals surface area contributed by atoms with Crippen LogP contribution in [0.15, 0.2) is 144 Å². The molecule has 1 heterocycles. The SMILES string of the molecule is Cc1ccc(S(=O)(=O)N2CCCC3=C(c4ccccc4)c4cc(C)ccc4[C@@]3(OCc3ccccc3)[C@@H]2Cc2ccccc2)cc1. The van der Waals surface area contributed by atoms with E-state index in [1.807, 2.05) is 61.5 Å². The number of nitrogens with zero attached hydrogens (tertiary/aromatic N) is 1. The largest absolute Gasteiger partial charge is 0.359 e. The summed E-state index contributed by atoms with van der Waals surface area (Å²) >= 11 is 0. The van der Waals surface area contributed by atoms with E-state index in [4.69, 9.17) is 4.74 Å². The van der Waals surface area contributed by atoms with Gasteiger partial charge in [-0.25, -0.2) is 8.42 Å². The van der Waals surface area contributed by atoms with Gasteiger partial charge in [0.25, 0.3) is 0 Å². The van der Waals surface area contributed by atoms with Gasteiger partial charge in [-0.3, -0.25) is 0 Å². The molecule has 232 valence electrons. The number of rotatable bonds is 8. The standard InChI is InChI=1S/C41H39NO3S/c1-30-20-23-35(24-21-30)46(43,44)42-26-12-19-38-40(34-17-10-5-11-18-34)36-27-31(2)22-25-37(36)41(38,45-29-33-15-8-4-9-16-33)39(42)28-32-13-6-3-7-14-32/h3-11,13-18,20-25,27,39H,12,19,26,28-29H2,1-2H3/t39-,41-/m0/s1. The topological polar surface area (TPSA) is 46.6 Å². The molecule has 1 aliphatic heterocycles. The van der Waals surface area contributed by atoms with Gasteiger partial charge in [0.05, 0.1) is 17.5 Å². The maximum atomic E-state index is 14.8. The van der Waals surface area contributed by atoms with Crippen LogP contribution < -0.4 is 0 Å². The molecule has 0 unspecified atom stereocenters. The Morgan fingerprint density at radius 3 is 2.02 bits per heavy atom. The molecule has 0 bridgehead atoms. The molecule has 1 aliphatic carbocycles. The summed E-state index contributed by atoms with van der Waals surface area (Å²) in [7, 11) is -3.89. The van der Waals surface area contributed by atoms with Crippen molar-refractivity contribution >= 4 is 15.6 Å². The zero-order chi connectivity index (χ0) is 31.7. The fourth-order valence-electron chi connectivity index (χ4n) is 7.34. The lowest BCUT2D eigenvalue weighted by Gasteiger charge is -2.44. The molecule has 1 fully saturated rings. The van der Waals surface area contributed by atoms with E-state index in [1.54, 1.807) is 16.4 Å². The first-order valence-electron chi connectivity index (χ1n) is 16.1. The van der Waals surface area contributed by atoms with E-state index in [9.17, 15) is 8.42 Å². The van der Waals surface area contributed by atoms with Crippen molar-refractivity contribution in [2.45, 2.75) is 56.3 Å². The van der Waals surface area contributed by atoms with E-state index in [2.05, 4.69) is 73.7 Å². The van der Waals surface area contributed by atoms with Crippen LogP contribution in [0.25, 0.3) is 5.57 Å². The average molecular weight is 626 g/mol. The molecular weight excluding hydrogens is 587 g/mol. The first-order chi connectivity index (χ1) is 22.4. The van der Waals surface area contributed by atoms with Gasteiger partial charge in [0.1, 0.15) is 5.60 Å². The third-order valence-electron chi connectivity index (χ3n) is 9.49. The van der Waals surface area contributed by atoms with Gasteiger partial charge >= 0.3 is 0 Å². The number of ether oxygens (including phenoxy) is 1. The number of sulfonamides is 1. The van der Waals surface area contributed by atoms with Gasteiger partial charge in [-0.05, 0) is 84.2 Å². The quantitative estimate of drug-likeness (QED) is 0.173. The van der Waals surface area contributed by atoms with Crippen LogP contribution in [0.1, 0.15) is 51.8 Å². The molecule has 5 aromatic carbocycles. The summed E-state index contributed by atoms with van der Waals surface area (Å²) < 4.78 is 38.8. The van der Waals surface area contributed by atoms with Crippen LogP contribution in [0.5, 0.6) is 0 Å². The summed E-state index contributed by atoms with van der Waals surface area (Å²) in [5, 5.41) is 0.